The molecule has 0 aliphatic carbocycles. The molecule has 0 amide bonds. The van der Waals surface area contributed by atoms with Crippen molar-refractivity contribution in [1.82, 2.24) is 9.55 Å². The van der Waals surface area contributed by atoms with Crippen LogP contribution in [-0.4, -0.2) is 22.6 Å². The smallest absolute Gasteiger partial charge is 0.416 e. The third-order valence-corrected chi connectivity index (χ3v) is 4.34. The molecule has 5 nitrogen and oxygen atoms in total. The Morgan fingerprint density at radius 1 is 1.06 bits per heavy atom. The van der Waals surface area contributed by atoms with E-state index in [-0.39, 0.29) is 23.4 Å². The second-order valence-electron chi connectivity index (χ2n) is 6.34. The predicted octanol–water partition coefficient (Wildman–Crippen LogP) is 4.73. The molecule has 0 unspecified atom stereocenters. The third-order valence-electron chi connectivity index (χ3n) is 4.34. The van der Waals surface area contributed by atoms with Crippen molar-refractivity contribution in [2.45, 2.75) is 19.3 Å². The summed E-state index contributed by atoms with van der Waals surface area (Å²) in [6.45, 7) is -0.852. The van der Waals surface area contributed by atoms with Crippen LogP contribution in [0.2, 0.25) is 0 Å². The topological polar surface area (TPSA) is 53.3 Å². The number of aromatic nitrogens is 2. The van der Waals surface area contributed by atoms with Crippen LogP contribution in [0.25, 0.3) is 0 Å². The lowest BCUT2D eigenvalue weighted by atomic mass is 10.1. The molecule has 0 spiro atoms. The summed E-state index contributed by atoms with van der Waals surface area (Å²) in [6, 6.07) is 4.09. The Kier molecular flexibility index (Phi) is 6.23. The van der Waals surface area contributed by atoms with E-state index in [1.807, 2.05) is 0 Å². The van der Waals surface area contributed by atoms with Crippen molar-refractivity contribution in [3.8, 4) is 5.75 Å². The molecule has 11 heteroatoms. The Morgan fingerprint density at radius 2 is 1.77 bits per heavy atom. The van der Waals surface area contributed by atoms with Gasteiger partial charge in [0.15, 0.2) is 11.6 Å². The van der Waals surface area contributed by atoms with Crippen molar-refractivity contribution in [3.05, 3.63) is 82.7 Å². The Labute approximate surface area is 171 Å². The average Bonchev–Trinajstić information content (AvgIpc) is 3.18. The first-order valence-electron chi connectivity index (χ1n) is 8.65. The van der Waals surface area contributed by atoms with Gasteiger partial charge in [0.1, 0.15) is 18.1 Å². The van der Waals surface area contributed by atoms with Crippen LogP contribution in [0.15, 0.2) is 42.9 Å². The van der Waals surface area contributed by atoms with Gasteiger partial charge in [0.2, 0.25) is 5.82 Å². The van der Waals surface area contributed by atoms with Crippen LogP contribution in [0.3, 0.4) is 0 Å². The molecule has 0 radical (unpaired) electrons. The summed E-state index contributed by atoms with van der Waals surface area (Å²) in [5.41, 5.74) is -1.55. The minimum absolute atomic E-state index is 0.0282. The van der Waals surface area contributed by atoms with E-state index in [1.165, 1.54) is 23.2 Å². The maximum absolute atomic E-state index is 14.5. The monoisotopic (exact) mass is 444 g/mol. The summed E-state index contributed by atoms with van der Waals surface area (Å²) in [7, 11) is 1.16. The highest BCUT2D eigenvalue weighted by atomic mass is 19.4. The van der Waals surface area contributed by atoms with E-state index in [1.54, 1.807) is 0 Å². The Bertz CT molecular complexity index is 1110. The number of ether oxygens (including phenoxy) is 2. The van der Waals surface area contributed by atoms with Gasteiger partial charge in [-0.15, -0.1) is 0 Å². The SMILES string of the molecule is COC(=O)c1cncn1Cc1ccc(OCc2ccc(C(F)(F)F)cc2F)c(F)c1F. The summed E-state index contributed by atoms with van der Waals surface area (Å²) >= 11 is 0. The molecule has 3 rings (SSSR count). The summed E-state index contributed by atoms with van der Waals surface area (Å²) in [6.07, 6.45) is -2.27. The van der Waals surface area contributed by atoms with Crippen molar-refractivity contribution >= 4 is 5.97 Å². The largest absolute Gasteiger partial charge is 0.486 e. The van der Waals surface area contributed by atoms with Crippen LogP contribution in [0.4, 0.5) is 26.3 Å². The first-order valence-corrected chi connectivity index (χ1v) is 8.65. The lowest BCUT2D eigenvalue weighted by Crippen LogP contribution is -2.12. The van der Waals surface area contributed by atoms with Crippen LogP contribution in [0, 0.1) is 17.5 Å². The fourth-order valence-electron chi connectivity index (χ4n) is 2.71. The highest BCUT2D eigenvalue weighted by Gasteiger charge is 2.31. The fraction of sp³-hybridized carbons (Fsp3) is 0.200. The number of hydrogen-bond acceptors (Lipinski definition) is 4. The van der Waals surface area contributed by atoms with Crippen molar-refractivity contribution in [1.29, 1.82) is 0 Å². The Balaban J connectivity index is 1.76. The van der Waals surface area contributed by atoms with Gasteiger partial charge in [0, 0.05) is 11.1 Å². The number of halogens is 6. The van der Waals surface area contributed by atoms with E-state index in [0.717, 1.165) is 19.2 Å². The van der Waals surface area contributed by atoms with Crippen LogP contribution in [0.5, 0.6) is 5.75 Å². The zero-order valence-corrected chi connectivity index (χ0v) is 15.8. The molecule has 0 aliphatic rings. The number of alkyl halides is 3. The normalized spacial score (nSPS) is 11.5. The molecule has 164 valence electrons. The number of nitrogens with zero attached hydrogens (tertiary/aromatic N) is 2. The van der Waals surface area contributed by atoms with Gasteiger partial charge in [-0.1, -0.05) is 12.1 Å². The lowest BCUT2D eigenvalue weighted by Gasteiger charge is -2.13. The van der Waals surface area contributed by atoms with Gasteiger partial charge >= 0.3 is 12.1 Å². The average molecular weight is 444 g/mol. The van der Waals surface area contributed by atoms with E-state index in [2.05, 4.69) is 9.72 Å². The van der Waals surface area contributed by atoms with Crippen molar-refractivity contribution in [2.75, 3.05) is 7.11 Å². The van der Waals surface area contributed by atoms with Crippen LogP contribution in [-0.2, 0) is 24.1 Å². The third kappa shape index (κ3) is 4.81. The maximum atomic E-state index is 14.5. The van der Waals surface area contributed by atoms with Gasteiger partial charge in [-0.05, 0) is 18.2 Å². The number of methoxy groups -OCH3 is 1. The molecule has 1 heterocycles. The summed E-state index contributed by atoms with van der Waals surface area (Å²) in [4.78, 5) is 15.4. The van der Waals surface area contributed by atoms with Crippen molar-refractivity contribution in [2.24, 2.45) is 0 Å². The fourth-order valence-corrected chi connectivity index (χ4v) is 2.71. The summed E-state index contributed by atoms with van der Waals surface area (Å²) in [5, 5.41) is 0. The second kappa shape index (κ2) is 8.70. The molecular weight excluding hydrogens is 430 g/mol. The van der Waals surface area contributed by atoms with E-state index < -0.39 is 47.5 Å². The quantitative estimate of drug-likeness (QED) is 0.408. The minimum Gasteiger partial charge on any atom is -0.486 e. The van der Waals surface area contributed by atoms with Crippen molar-refractivity contribution < 1.29 is 40.6 Å². The molecule has 0 N–H and O–H groups in total. The molecule has 0 saturated carbocycles. The number of benzene rings is 2. The van der Waals surface area contributed by atoms with Crippen LogP contribution in [0.1, 0.15) is 27.2 Å². The van der Waals surface area contributed by atoms with Gasteiger partial charge in [-0.25, -0.2) is 18.6 Å². The molecule has 0 saturated heterocycles. The minimum atomic E-state index is -4.71. The van der Waals surface area contributed by atoms with Crippen LogP contribution >= 0.6 is 0 Å². The highest BCUT2D eigenvalue weighted by Crippen LogP contribution is 2.31. The van der Waals surface area contributed by atoms with E-state index in [4.69, 9.17) is 4.74 Å². The second-order valence-corrected chi connectivity index (χ2v) is 6.34. The maximum Gasteiger partial charge on any atom is 0.416 e. The lowest BCUT2D eigenvalue weighted by molar-refractivity contribution is -0.137. The predicted molar refractivity (Wildman–Crippen MR) is 94.8 cm³/mol. The van der Waals surface area contributed by atoms with Gasteiger partial charge in [0.05, 0.1) is 31.7 Å². The van der Waals surface area contributed by atoms with Crippen molar-refractivity contribution in [3.63, 3.8) is 0 Å². The molecule has 0 aliphatic heterocycles. The van der Waals surface area contributed by atoms with E-state index in [0.29, 0.717) is 12.1 Å². The zero-order chi connectivity index (χ0) is 22.8. The molecular formula is C20H14F6N2O3. The number of carbonyl (C=O) groups excluding carboxylic acids is 1. The number of imidazole rings is 1. The zero-order valence-electron chi connectivity index (χ0n) is 15.8. The van der Waals surface area contributed by atoms with Gasteiger partial charge in [-0.2, -0.15) is 17.6 Å². The molecule has 0 fully saturated rings. The highest BCUT2D eigenvalue weighted by molar-refractivity contribution is 5.87. The Hall–Kier alpha value is -3.50. The molecule has 1 aromatic heterocycles. The molecule has 0 atom stereocenters. The van der Waals surface area contributed by atoms with Crippen LogP contribution < -0.4 is 4.74 Å². The van der Waals surface area contributed by atoms with Gasteiger partial charge in [-0.3, -0.25) is 0 Å². The standard InChI is InChI=1S/C20H14F6N2O3/c1-30-19(29)15-7-27-10-28(15)8-11-3-5-16(18(23)17(11)22)31-9-12-2-4-13(6-14(12)21)20(24,25)26/h2-7,10H,8-9H2,1H3. The molecule has 0 bridgehead atoms. The number of rotatable bonds is 6. The Morgan fingerprint density at radius 3 is 2.42 bits per heavy atom. The van der Waals surface area contributed by atoms with Gasteiger partial charge < -0.3 is 14.0 Å². The first-order chi connectivity index (χ1) is 14.6. The van der Waals surface area contributed by atoms with E-state index in [9.17, 15) is 31.1 Å². The molecule has 3 aromatic rings. The molecule has 2 aromatic carbocycles. The first kappa shape index (κ1) is 22.2. The summed E-state index contributed by atoms with van der Waals surface area (Å²) < 4.78 is 91.4. The molecule has 31 heavy (non-hydrogen) atoms. The summed E-state index contributed by atoms with van der Waals surface area (Å²) in [5.74, 6) is -5.10. The number of esters is 1. The number of hydrogen-bond donors (Lipinski definition) is 0. The van der Waals surface area contributed by atoms with E-state index >= 15 is 0 Å². The number of carbonyl (C=O) groups is 1. The van der Waals surface area contributed by atoms with Gasteiger partial charge in [0.25, 0.3) is 0 Å².